The summed E-state index contributed by atoms with van der Waals surface area (Å²) >= 11 is 6.03. The van der Waals surface area contributed by atoms with Crippen LogP contribution in [0.3, 0.4) is 0 Å². The summed E-state index contributed by atoms with van der Waals surface area (Å²) in [7, 11) is 0. The van der Waals surface area contributed by atoms with Crippen molar-refractivity contribution in [3.63, 3.8) is 0 Å². The van der Waals surface area contributed by atoms with E-state index < -0.39 is 11.5 Å². The summed E-state index contributed by atoms with van der Waals surface area (Å²) in [6.07, 6.45) is 0.872. The van der Waals surface area contributed by atoms with E-state index in [4.69, 9.17) is 21.4 Å². The summed E-state index contributed by atoms with van der Waals surface area (Å²) in [4.78, 5) is 23.4. The predicted octanol–water partition coefficient (Wildman–Crippen LogP) is 2.40. The minimum absolute atomic E-state index is 0.109. The van der Waals surface area contributed by atoms with E-state index in [-0.39, 0.29) is 12.3 Å². The summed E-state index contributed by atoms with van der Waals surface area (Å²) in [6.45, 7) is 2.75. The van der Waals surface area contributed by atoms with Crippen molar-refractivity contribution < 1.29 is 19.4 Å². The Balaban J connectivity index is 2.17. The molecule has 0 radical (unpaired) electrons. The van der Waals surface area contributed by atoms with E-state index in [1.54, 1.807) is 18.2 Å². The van der Waals surface area contributed by atoms with Crippen LogP contribution < -0.4 is 5.32 Å². The maximum atomic E-state index is 12.4. The fourth-order valence-electron chi connectivity index (χ4n) is 2.44. The lowest BCUT2D eigenvalue weighted by Gasteiger charge is -2.36. The van der Waals surface area contributed by atoms with E-state index in [2.05, 4.69) is 5.32 Å². The van der Waals surface area contributed by atoms with Crippen LogP contribution in [0.25, 0.3) is 0 Å². The van der Waals surface area contributed by atoms with Gasteiger partial charge in [0, 0.05) is 23.8 Å². The largest absolute Gasteiger partial charge is 0.481 e. The molecule has 1 fully saturated rings. The highest BCUT2D eigenvalue weighted by atomic mass is 35.5. The van der Waals surface area contributed by atoms with Crippen LogP contribution in [0.15, 0.2) is 18.2 Å². The minimum Gasteiger partial charge on any atom is -0.481 e. The number of benzene rings is 1. The fourth-order valence-corrected chi connectivity index (χ4v) is 2.63. The van der Waals surface area contributed by atoms with E-state index in [0.29, 0.717) is 36.6 Å². The molecular formula is C15H18ClNO4. The zero-order valence-electron chi connectivity index (χ0n) is 11.8. The molecule has 114 valence electrons. The highest BCUT2D eigenvalue weighted by Gasteiger charge is 2.36. The van der Waals surface area contributed by atoms with Crippen molar-refractivity contribution in [3.05, 3.63) is 34.3 Å². The van der Waals surface area contributed by atoms with Crippen LogP contribution in [0.5, 0.6) is 0 Å². The summed E-state index contributed by atoms with van der Waals surface area (Å²) < 4.78 is 5.26. The van der Waals surface area contributed by atoms with Crippen LogP contribution >= 0.6 is 11.6 Å². The Hall–Kier alpha value is -1.59. The molecule has 0 saturated carbocycles. The molecule has 6 heteroatoms. The van der Waals surface area contributed by atoms with Crippen LogP contribution in [-0.4, -0.2) is 35.7 Å². The number of hydrogen-bond acceptors (Lipinski definition) is 3. The molecule has 1 aromatic rings. The van der Waals surface area contributed by atoms with Gasteiger partial charge in [-0.3, -0.25) is 9.59 Å². The number of hydrogen-bond donors (Lipinski definition) is 2. The number of carboxylic acids is 1. The smallest absolute Gasteiger partial charge is 0.305 e. The molecule has 1 aliphatic heterocycles. The van der Waals surface area contributed by atoms with E-state index >= 15 is 0 Å². The van der Waals surface area contributed by atoms with Gasteiger partial charge >= 0.3 is 5.97 Å². The van der Waals surface area contributed by atoms with E-state index in [9.17, 15) is 9.59 Å². The van der Waals surface area contributed by atoms with Crippen LogP contribution in [0.1, 0.15) is 35.2 Å². The SMILES string of the molecule is Cc1ccc(C(=O)NC2(CC(=O)O)CCOCC2)cc1Cl. The van der Waals surface area contributed by atoms with Crippen LogP contribution in [0.4, 0.5) is 0 Å². The Morgan fingerprint density at radius 3 is 2.62 bits per heavy atom. The lowest BCUT2D eigenvalue weighted by molar-refractivity contribution is -0.139. The molecule has 0 bridgehead atoms. The topological polar surface area (TPSA) is 75.6 Å². The second kappa shape index (κ2) is 6.45. The van der Waals surface area contributed by atoms with Crippen LogP contribution in [0.2, 0.25) is 5.02 Å². The number of aryl methyl sites for hydroxylation is 1. The first-order chi connectivity index (χ1) is 9.92. The van der Waals surface area contributed by atoms with Gasteiger partial charge in [-0.2, -0.15) is 0 Å². The number of aliphatic carboxylic acids is 1. The molecule has 2 rings (SSSR count). The molecule has 2 N–H and O–H groups in total. The van der Waals surface area contributed by atoms with Crippen molar-refractivity contribution in [2.24, 2.45) is 0 Å². The third kappa shape index (κ3) is 3.95. The van der Waals surface area contributed by atoms with Crippen LogP contribution in [0, 0.1) is 6.92 Å². The lowest BCUT2D eigenvalue weighted by atomic mass is 9.86. The zero-order valence-corrected chi connectivity index (χ0v) is 12.6. The standard InChI is InChI=1S/C15H18ClNO4/c1-10-2-3-11(8-12(10)16)14(20)17-15(9-13(18)19)4-6-21-7-5-15/h2-3,8H,4-7,9H2,1H3,(H,17,20)(H,18,19). The van der Waals surface area contributed by atoms with Gasteiger partial charge in [0.1, 0.15) is 0 Å². The van der Waals surface area contributed by atoms with Gasteiger partial charge in [0.15, 0.2) is 0 Å². The third-order valence-corrected chi connectivity index (χ3v) is 4.16. The summed E-state index contributed by atoms with van der Waals surface area (Å²) in [5, 5.41) is 12.5. The average molecular weight is 312 g/mol. The van der Waals surface area contributed by atoms with Gasteiger partial charge in [-0.15, -0.1) is 0 Å². The summed E-state index contributed by atoms with van der Waals surface area (Å²) in [5.74, 6) is -1.24. The first kappa shape index (κ1) is 15.8. The van der Waals surface area contributed by atoms with Crippen molar-refractivity contribution in [1.82, 2.24) is 5.32 Å². The molecule has 0 unspecified atom stereocenters. The number of halogens is 1. The molecule has 1 heterocycles. The normalized spacial score (nSPS) is 17.2. The quantitative estimate of drug-likeness (QED) is 0.895. The molecule has 1 aromatic carbocycles. The first-order valence-corrected chi connectivity index (χ1v) is 7.18. The maximum absolute atomic E-state index is 12.4. The lowest BCUT2D eigenvalue weighted by Crippen LogP contribution is -2.53. The molecule has 1 amide bonds. The number of carbonyl (C=O) groups excluding carboxylic acids is 1. The van der Waals surface area contributed by atoms with E-state index in [0.717, 1.165) is 5.56 Å². The van der Waals surface area contributed by atoms with Gasteiger partial charge in [0.2, 0.25) is 0 Å². The Labute approximate surface area is 128 Å². The highest BCUT2D eigenvalue weighted by molar-refractivity contribution is 6.31. The van der Waals surface area contributed by atoms with Crippen molar-refractivity contribution >= 4 is 23.5 Å². The Morgan fingerprint density at radius 1 is 1.38 bits per heavy atom. The van der Waals surface area contributed by atoms with Crippen molar-refractivity contribution in [1.29, 1.82) is 0 Å². The third-order valence-electron chi connectivity index (χ3n) is 3.75. The maximum Gasteiger partial charge on any atom is 0.305 e. The second-order valence-corrected chi connectivity index (χ2v) is 5.79. The molecule has 0 aliphatic carbocycles. The number of nitrogens with one attached hydrogen (secondary N) is 1. The van der Waals surface area contributed by atoms with Crippen molar-refractivity contribution in [2.75, 3.05) is 13.2 Å². The van der Waals surface area contributed by atoms with Gasteiger partial charge in [-0.1, -0.05) is 17.7 Å². The molecule has 5 nitrogen and oxygen atoms in total. The molecule has 0 aromatic heterocycles. The van der Waals surface area contributed by atoms with E-state index in [1.165, 1.54) is 0 Å². The number of rotatable bonds is 4. The number of carbonyl (C=O) groups is 2. The summed E-state index contributed by atoms with van der Waals surface area (Å²) in [5.41, 5.74) is 0.569. The Kier molecular flexibility index (Phi) is 4.85. The molecule has 1 saturated heterocycles. The minimum atomic E-state index is -0.931. The zero-order chi connectivity index (χ0) is 15.5. The van der Waals surface area contributed by atoms with Gasteiger partial charge in [-0.05, 0) is 37.5 Å². The first-order valence-electron chi connectivity index (χ1n) is 6.80. The van der Waals surface area contributed by atoms with Gasteiger partial charge in [-0.25, -0.2) is 0 Å². The van der Waals surface area contributed by atoms with Gasteiger partial charge in [0.05, 0.1) is 12.0 Å². The van der Waals surface area contributed by atoms with E-state index in [1.807, 2.05) is 6.92 Å². The highest BCUT2D eigenvalue weighted by Crippen LogP contribution is 2.26. The van der Waals surface area contributed by atoms with Gasteiger partial charge in [0.25, 0.3) is 5.91 Å². The Morgan fingerprint density at radius 2 is 2.05 bits per heavy atom. The number of ether oxygens (including phenoxy) is 1. The predicted molar refractivity (Wildman–Crippen MR) is 78.7 cm³/mol. The van der Waals surface area contributed by atoms with Gasteiger partial charge < -0.3 is 15.2 Å². The van der Waals surface area contributed by atoms with Crippen molar-refractivity contribution in [3.8, 4) is 0 Å². The number of carboxylic acid groups (broad SMARTS) is 1. The van der Waals surface area contributed by atoms with Crippen molar-refractivity contribution in [2.45, 2.75) is 31.7 Å². The molecule has 21 heavy (non-hydrogen) atoms. The summed E-state index contributed by atoms with van der Waals surface area (Å²) in [6, 6.07) is 5.05. The Bertz CT molecular complexity index is 553. The monoisotopic (exact) mass is 311 g/mol. The average Bonchev–Trinajstić information content (AvgIpc) is 2.41. The molecule has 0 spiro atoms. The van der Waals surface area contributed by atoms with Crippen LogP contribution in [-0.2, 0) is 9.53 Å². The fraction of sp³-hybridized carbons (Fsp3) is 0.467. The number of amides is 1. The molecule has 1 aliphatic rings. The second-order valence-electron chi connectivity index (χ2n) is 5.38. The molecule has 0 atom stereocenters. The molecular weight excluding hydrogens is 294 g/mol.